The SMILES string of the molecule is CCCCCCC1(S(C)=O)CCC(C2CCC(CCCCC)CC2)CC1. The van der Waals surface area contributed by atoms with Gasteiger partial charge in [0.2, 0.25) is 0 Å². The zero-order chi connectivity index (χ0) is 18.8. The van der Waals surface area contributed by atoms with Crippen LogP contribution < -0.4 is 0 Å². The van der Waals surface area contributed by atoms with Gasteiger partial charge in [-0.1, -0.05) is 78.1 Å². The summed E-state index contributed by atoms with van der Waals surface area (Å²) in [6.45, 7) is 4.59. The molecule has 1 unspecified atom stereocenters. The molecule has 0 bridgehead atoms. The van der Waals surface area contributed by atoms with Crippen molar-refractivity contribution in [2.75, 3.05) is 6.26 Å². The van der Waals surface area contributed by atoms with Gasteiger partial charge < -0.3 is 0 Å². The zero-order valence-corrected chi connectivity index (χ0v) is 18.9. The van der Waals surface area contributed by atoms with Crippen LogP contribution in [0.2, 0.25) is 0 Å². The molecule has 0 aliphatic heterocycles. The van der Waals surface area contributed by atoms with E-state index in [9.17, 15) is 4.21 Å². The predicted molar refractivity (Wildman–Crippen MR) is 117 cm³/mol. The molecular weight excluding hydrogens is 336 g/mol. The molecule has 26 heavy (non-hydrogen) atoms. The minimum Gasteiger partial charge on any atom is -0.259 e. The van der Waals surface area contributed by atoms with Crippen LogP contribution in [0.1, 0.15) is 123 Å². The van der Waals surface area contributed by atoms with E-state index in [4.69, 9.17) is 0 Å². The molecule has 2 fully saturated rings. The quantitative estimate of drug-likeness (QED) is 0.335. The first-order valence-corrected chi connectivity index (χ1v) is 13.5. The number of rotatable bonds is 11. The van der Waals surface area contributed by atoms with E-state index in [2.05, 4.69) is 13.8 Å². The van der Waals surface area contributed by atoms with Crippen molar-refractivity contribution in [1.29, 1.82) is 0 Å². The second kappa shape index (κ2) is 11.9. The molecule has 1 nitrogen and oxygen atoms in total. The third kappa shape index (κ3) is 6.64. The molecular formula is C24H46OS. The number of unbranched alkanes of at least 4 members (excludes halogenated alkanes) is 5. The van der Waals surface area contributed by atoms with E-state index in [1.54, 1.807) is 0 Å². The highest BCUT2D eigenvalue weighted by atomic mass is 32.2. The largest absolute Gasteiger partial charge is 0.259 e. The summed E-state index contributed by atoms with van der Waals surface area (Å²) in [5.41, 5.74) is 0. The van der Waals surface area contributed by atoms with Crippen LogP contribution >= 0.6 is 0 Å². The summed E-state index contributed by atoms with van der Waals surface area (Å²) >= 11 is 0. The Bertz CT molecular complexity index is 389. The van der Waals surface area contributed by atoms with Crippen molar-refractivity contribution < 1.29 is 4.21 Å². The zero-order valence-electron chi connectivity index (χ0n) is 18.1. The van der Waals surface area contributed by atoms with E-state index < -0.39 is 10.8 Å². The maximum Gasteiger partial charge on any atom is 0.0456 e. The molecule has 2 rings (SSSR count). The monoisotopic (exact) mass is 382 g/mol. The molecule has 2 aliphatic carbocycles. The van der Waals surface area contributed by atoms with Gasteiger partial charge in [-0.25, -0.2) is 0 Å². The summed E-state index contributed by atoms with van der Waals surface area (Å²) in [4.78, 5) is 0. The molecule has 154 valence electrons. The lowest BCUT2D eigenvalue weighted by Gasteiger charge is -2.43. The molecule has 0 aromatic heterocycles. The molecule has 0 heterocycles. The molecule has 1 atom stereocenters. The Hall–Kier alpha value is 0.150. The maximum atomic E-state index is 12.5. The van der Waals surface area contributed by atoms with Gasteiger partial charge in [-0.3, -0.25) is 4.21 Å². The number of hydrogen-bond donors (Lipinski definition) is 0. The highest BCUT2D eigenvalue weighted by Crippen LogP contribution is 2.46. The van der Waals surface area contributed by atoms with E-state index in [1.165, 1.54) is 109 Å². The summed E-state index contributed by atoms with van der Waals surface area (Å²) in [5.74, 6) is 2.96. The summed E-state index contributed by atoms with van der Waals surface area (Å²) in [6, 6.07) is 0. The summed E-state index contributed by atoms with van der Waals surface area (Å²) in [5, 5.41) is 0. The highest BCUT2D eigenvalue weighted by molar-refractivity contribution is 7.85. The van der Waals surface area contributed by atoms with Gasteiger partial charge in [0.1, 0.15) is 0 Å². The Labute approximate surface area is 166 Å². The van der Waals surface area contributed by atoms with Crippen LogP contribution in [-0.2, 0) is 10.8 Å². The van der Waals surface area contributed by atoms with Gasteiger partial charge in [-0.05, 0) is 62.7 Å². The third-order valence-corrected chi connectivity index (χ3v) is 9.64. The van der Waals surface area contributed by atoms with Crippen LogP contribution in [0.4, 0.5) is 0 Å². The van der Waals surface area contributed by atoms with Crippen LogP contribution in [0.5, 0.6) is 0 Å². The van der Waals surface area contributed by atoms with Gasteiger partial charge >= 0.3 is 0 Å². The summed E-state index contributed by atoms with van der Waals surface area (Å²) in [7, 11) is -0.646. The lowest BCUT2D eigenvalue weighted by Crippen LogP contribution is -2.40. The van der Waals surface area contributed by atoms with Crippen molar-refractivity contribution in [2.24, 2.45) is 17.8 Å². The van der Waals surface area contributed by atoms with Crippen molar-refractivity contribution >= 4 is 10.8 Å². The van der Waals surface area contributed by atoms with Crippen LogP contribution in [0.3, 0.4) is 0 Å². The Balaban J connectivity index is 1.73. The number of hydrogen-bond acceptors (Lipinski definition) is 1. The van der Waals surface area contributed by atoms with Crippen LogP contribution in [-0.4, -0.2) is 15.2 Å². The Morgan fingerprint density at radius 1 is 0.769 bits per heavy atom. The molecule has 0 aromatic rings. The van der Waals surface area contributed by atoms with E-state index >= 15 is 0 Å². The second-order valence-electron chi connectivity index (χ2n) is 9.56. The van der Waals surface area contributed by atoms with Crippen molar-refractivity contribution in [1.82, 2.24) is 0 Å². The molecule has 0 spiro atoms. The van der Waals surface area contributed by atoms with Gasteiger partial charge in [-0.2, -0.15) is 0 Å². The molecule has 0 amide bonds. The third-order valence-electron chi connectivity index (χ3n) is 7.81. The smallest absolute Gasteiger partial charge is 0.0456 e. The maximum absolute atomic E-state index is 12.5. The van der Waals surface area contributed by atoms with Gasteiger partial charge in [-0.15, -0.1) is 0 Å². The molecule has 2 heteroatoms. The topological polar surface area (TPSA) is 17.1 Å². The first-order chi connectivity index (χ1) is 12.6. The minimum absolute atomic E-state index is 0.168. The van der Waals surface area contributed by atoms with Crippen molar-refractivity contribution in [3.8, 4) is 0 Å². The van der Waals surface area contributed by atoms with Crippen molar-refractivity contribution in [3.05, 3.63) is 0 Å². The second-order valence-corrected chi connectivity index (χ2v) is 11.3. The normalized spacial score (nSPS) is 33.9. The average molecular weight is 383 g/mol. The van der Waals surface area contributed by atoms with Crippen LogP contribution in [0.15, 0.2) is 0 Å². The fraction of sp³-hybridized carbons (Fsp3) is 1.00. The molecule has 0 N–H and O–H groups in total. The summed E-state index contributed by atoms with van der Waals surface area (Å²) < 4.78 is 12.7. The van der Waals surface area contributed by atoms with E-state index in [1.807, 2.05) is 6.26 Å². The fourth-order valence-corrected chi connectivity index (χ4v) is 7.07. The predicted octanol–water partition coefficient (Wildman–Crippen LogP) is 7.65. The average Bonchev–Trinajstić information content (AvgIpc) is 2.66. The van der Waals surface area contributed by atoms with Gasteiger partial charge in [0, 0.05) is 21.8 Å². The summed E-state index contributed by atoms with van der Waals surface area (Å²) in [6.07, 6.45) is 25.4. The highest BCUT2D eigenvalue weighted by Gasteiger charge is 2.40. The molecule has 2 aliphatic rings. The van der Waals surface area contributed by atoms with Gasteiger partial charge in [0.05, 0.1) is 0 Å². The Kier molecular flexibility index (Phi) is 10.2. The van der Waals surface area contributed by atoms with Crippen molar-refractivity contribution in [2.45, 2.75) is 128 Å². The Morgan fingerprint density at radius 2 is 1.35 bits per heavy atom. The van der Waals surface area contributed by atoms with Crippen LogP contribution in [0, 0.1) is 17.8 Å². The molecule has 2 saturated carbocycles. The molecule has 0 aromatic carbocycles. The van der Waals surface area contributed by atoms with Gasteiger partial charge in [0.25, 0.3) is 0 Å². The lowest BCUT2D eigenvalue weighted by atomic mass is 9.68. The van der Waals surface area contributed by atoms with Crippen molar-refractivity contribution in [3.63, 3.8) is 0 Å². The van der Waals surface area contributed by atoms with E-state index in [0.29, 0.717) is 0 Å². The fourth-order valence-electron chi connectivity index (χ4n) is 5.82. The molecule has 0 saturated heterocycles. The Morgan fingerprint density at radius 3 is 1.92 bits per heavy atom. The minimum atomic E-state index is -0.646. The van der Waals surface area contributed by atoms with Gasteiger partial charge in [0.15, 0.2) is 0 Å². The first kappa shape index (κ1) is 22.4. The van der Waals surface area contributed by atoms with Crippen LogP contribution in [0.25, 0.3) is 0 Å². The first-order valence-electron chi connectivity index (χ1n) is 11.9. The molecule has 0 radical (unpaired) electrons. The standard InChI is InChI=1S/C24H46OS/c1-4-6-8-10-18-24(26(3)25)19-16-23(17-20-24)22-14-12-21(13-15-22)11-9-7-5-2/h21-23H,4-20H2,1-3H3. The van der Waals surface area contributed by atoms with E-state index in [0.717, 1.165) is 17.8 Å². The van der Waals surface area contributed by atoms with E-state index in [-0.39, 0.29) is 4.75 Å². The lowest BCUT2D eigenvalue weighted by molar-refractivity contribution is 0.147.